The van der Waals surface area contributed by atoms with Crippen molar-refractivity contribution in [2.24, 2.45) is 11.7 Å². The minimum Gasteiger partial charge on any atom is -0.493 e. The topological polar surface area (TPSA) is 86.6 Å². The highest BCUT2D eigenvalue weighted by atomic mass is 35.5. The minimum absolute atomic E-state index is 0. The van der Waals surface area contributed by atoms with Crippen LogP contribution < -0.4 is 15.2 Å². The molecule has 0 atom stereocenters. The second-order valence-electron chi connectivity index (χ2n) is 6.38. The predicted octanol–water partition coefficient (Wildman–Crippen LogP) is 2.67. The number of aromatic nitrogens is 2. The van der Waals surface area contributed by atoms with Gasteiger partial charge in [-0.2, -0.15) is 4.98 Å². The van der Waals surface area contributed by atoms with E-state index in [9.17, 15) is 0 Å². The lowest BCUT2D eigenvalue weighted by Crippen LogP contribution is -2.30. The Kier molecular flexibility index (Phi) is 9.40. The normalized spacial score (nSPS) is 10.9. The summed E-state index contributed by atoms with van der Waals surface area (Å²) < 4.78 is 15.8. The van der Waals surface area contributed by atoms with Gasteiger partial charge in [0, 0.05) is 13.1 Å². The standard InChI is InChI=1S/C18H28N4O3.ClH/c1-13(2)11-22(12-17-20-18(10-19)25-21-17)8-7-14-5-6-15(23-3)16(9-14)24-4;/h5-6,9,13H,7-8,10-12,19H2,1-4H3;1H. The predicted molar refractivity (Wildman–Crippen MR) is 103 cm³/mol. The number of nitrogens with zero attached hydrogens (tertiary/aromatic N) is 3. The van der Waals surface area contributed by atoms with Crippen LogP contribution in [-0.4, -0.2) is 42.3 Å². The van der Waals surface area contributed by atoms with E-state index in [-0.39, 0.29) is 19.0 Å². The fourth-order valence-electron chi connectivity index (χ4n) is 2.71. The molecule has 0 aliphatic carbocycles. The number of rotatable bonds is 10. The van der Waals surface area contributed by atoms with Crippen LogP contribution in [0.3, 0.4) is 0 Å². The summed E-state index contributed by atoms with van der Waals surface area (Å²) in [6, 6.07) is 6.02. The van der Waals surface area contributed by atoms with Gasteiger partial charge < -0.3 is 19.7 Å². The first-order chi connectivity index (χ1) is 12.0. The summed E-state index contributed by atoms with van der Waals surface area (Å²) in [6.45, 7) is 7.16. The van der Waals surface area contributed by atoms with Gasteiger partial charge in [0.25, 0.3) is 0 Å². The molecule has 26 heavy (non-hydrogen) atoms. The van der Waals surface area contributed by atoms with Crippen molar-refractivity contribution >= 4 is 12.4 Å². The Hall–Kier alpha value is -1.83. The number of hydrogen-bond donors (Lipinski definition) is 1. The van der Waals surface area contributed by atoms with Crippen molar-refractivity contribution in [3.63, 3.8) is 0 Å². The maximum absolute atomic E-state index is 5.53. The average Bonchev–Trinajstić information content (AvgIpc) is 3.06. The molecule has 2 aromatic rings. The average molecular weight is 385 g/mol. The molecule has 1 aromatic heterocycles. The van der Waals surface area contributed by atoms with Crippen LogP contribution in [0.2, 0.25) is 0 Å². The molecular formula is C18H29ClN4O3. The van der Waals surface area contributed by atoms with Gasteiger partial charge in [0.05, 0.1) is 27.3 Å². The third-order valence-corrected chi connectivity index (χ3v) is 3.84. The molecule has 0 unspecified atom stereocenters. The fraction of sp³-hybridized carbons (Fsp3) is 0.556. The van der Waals surface area contributed by atoms with E-state index in [1.165, 1.54) is 5.56 Å². The Morgan fingerprint density at radius 3 is 2.50 bits per heavy atom. The Balaban J connectivity index is 0.00000338. The third kappa shape index (κ3) is 6.48. The molecule has 0 bridgehead atoms. The number of methoxy groups -OCH3 is 2. The van der Waals surface area contributed by atoms with E-state index in [4.69, 9.17) is 19.7 Å². The molecule has 7 nitrogen and oxygen atoms in total. The van der Waals surface area contributed by atoms with Crippen molar-refractivity contribution in [2.45, 2.75) is 33.4 Å². The molecule has 0 spiro atoms. The van der Waals surface area contributed by atoms with Gasteiger partial charge >= 0.3 is 0 Å². The number of hydrogen-bond acceptors (Lipinski definition) is 7. The zero-order valence-corrected chi connectivity index (χ0v) is 16.7. The van der Waals surface area contributed by atoms with Gasteiger partial charge in [0.15, 0.2) is 17.3 Å². The molecule has 0 aliphatic heterocycles. The SMILES string of the molecule is COc1ccc(CCN(Cc2noc(CN)n2)CC(C)C)cc1OC.Cl. The van der Waals surface area contributed by atoms with Crippen LogP contribution in [0.1, 0.15) is 31.1 Å². The monoisotopic (exact) mass is 384 g/mol. The first kappa shape index (κ1) is 22.2. The van der Waals surface area contributed by atoms with Gasteiger partial charge in [0.1, 0.15) is 0 Å². The molecule has 0 fully saturated rings. The van der Waals surface area contributed by atoms with Crippen LogP contribution in [-0.2, 0) is 19.5 Å². The van der Waals surface area contributed by atoms with E-state index < -0.39 is 0 Å². The van der Waals surface area contributed by atoms with Gasteiger partial charge in [-0.3, -0.25) is 4.90 Å². The van der Waals surface area contributed by atoms with Crippen molar-refractivity contribution in [1.82, 2.24) is 15.0 Å². The summed E-state index contributed by atoms with van der Waals surface area (Å²) in [5, 5.41) is 3.99. The van der Waals surface area contributed by atoms with Crippen LogP contribution in [0.25, 0.3) is 0 Å². The molecule has 0 saturated carbocycles. The number of benzene rings is 1. The lowest BCUT2D eigenvalue weighted by Gasteiger charge is -2.23. The number of halogens is 1. The van der Waals surface area contributed by atoms with Gasteiger partial charge in [-0.25, -0.2) is 0 Å². The highest BCUT2D eigenvalue weighted by molar-refractivity contribution is 5.85. The zero-order valence-electron chi connectivity index (χ0n) is 15.9. The molecule has 0 radical (unpaired) electrons. The molecule has 0 saturated heterocycles. The third-order valence-electron chi connectivity index (χ3n) is 3.84. The van der Waals surface area contributed by atoms with E-state index in [1.807, 2.05) is 12.1 Å². The molecule has 1 heterocycles. The number of ether oxygens (including phenoxy) is 2. The zero-order chi connectivity index (χ0) is 18.2. The van der Waals surface area contributed by atoms with Crippen molar-refractivity contribution in [3.8, 4) is 11.5 Å². The van der Waals surface area contributed by atoms with Crippen LogP contribution in [0.5, 0.6) is 11.5 Å². The summed E-state index contributed by atoms with van der Waals surface area (Å²) in [4.78, 5) is 6.63. The first-order valence-electron chi connectivity index (χ1n) is 8.50. The highest BCUT2D eigenvalue weighted by Gasteiger charge is 2.13. The Labute approximate surface area is 161 Å². The number of nitrogens with two attached hydrogens (primary N) is 1. The largest absolute Gasteiger partial charge is 0.493 e. The molecule has 8 heteroatoms. The van der Waals surface area contributed by atoms with E-state index >= 15 is 0 Å². The minimum atomic E-state index is 0. The van der Waals surface area contributed by atoms with E-state index in [0.29, 0.717) is 24.2 Å². The summed E-state index contributed by atoms with van der Waals surface area (Å²) >= 11 is 0. The molecular weight excluding hydrogens is 356 g/mol. The lowest BCUT2D eigenvalue weighted by atomic mass is 10.1. The second kappa shape index (κ2) is 11.0. The van der Waals surface area contributed by atoms with Crippen LogP contribution in [0, 0.1) is 5.92 Å². The Morgan fingerprint density at radius 1 is 1.19 bits per heavy atom. The molecule has 2 rings (SSSR count). The van der Waals surface area contributed by atoms with Gasteiger partial charge in [-0.05, 0) is 30.0 Å². The van der Waals surface area contributed by atoms with Gasteiger partial charge in [-0.1, -0.05) is 25.1 Å². The summed E-state index contributed by atoms with van der Waals surface area (Å²) in [5.41, 5.74) is 6.72. The highest BCUT2D eigenvalue weighted by Crippen LogP contribution is 2.27. The van der Waals surface area contributed by atoms with Gasteiger partial charge in [0.2, 0.25) is 5.89 Å². The quantitative estimate of drug-likeness (QED) is 0.673. The molecule has 0 aliphatic rings. The van der Waals surface area contributed by atoms with Crippen molar-refractivity contribution in [3.05, 3.63) is 35.5 Å². The van der Waals surface area contributed by atoms with Crippen molar-refractivity contribution < 1.29 is 14.0 Å². The van der Waals surface area contributed by atoms with Crippen LogP contribution in [0.15, 0.2) is 22.7 Å². The maximum atomic E-state index is 5.53. The van der Waals surface area contributed by atoms with Gasteiger partial charge in [-0.15, -0.1) is 12.4 Å². The molecule has 2 N–H and O–H groups in total. The summed E-state index contributed by atoms with van der Waals surface area (Å²) in [5.74, 6) is 3.19. The molecule has 1 aromatic carbocycles. The molecule has 146 valence electrons. The summed E-state index contributed by atoms with van der Waals surface area (Å²) in [7, 11) is 3.29. The Bertz CT molecular complexity index is 664. The lowest BCUT2D eigenvalue weighted by molar-refractivity contribution is 0.229. The van der Waals surface area contributed by atoms with E-state index in [2.05, 4.69) is 35.0 Å². The fourth-order valence-corrected chi connectivity index (χ4v) is 2.71. The maximum Gasteiger partial charge on any atom is 0.240 e. The smallest absolute Gasteiger partial charge is 0.240 e. The van der Waals surface area contributed by atoms with Crippen molar-refractivity contribution in [2.75, 3.05) is 27.3 Å². The summed E-state index contributed by atoms with van der Waals surface area (Å²) in [6.07, 6.45) is 0.897. The molecule has 0 amide bonds. The second-order valence-corrected chi connectivity index (χ2v) is 6.38. The first-order valence-corrected chi connectivity index (χ1v) is 8.50. The van der Waals surface area contributed by atoms with E-state index in [1.54, 1.807) is 14.2 Å². The Morgan fingerprint density at radius 2 is 1.92 bits per heavy atom. The van der Waals surface area contributed by atoms with Crippen molar-refractivity contribution in [1.29, 1.82) is 0 Å². The van der Waals surface area contributed by atoms with E-state index in [0.717, 1.165) is 31.0 Å². The van der Waals surface area contributed by atoms with Crippen LogP contribution in [0.4, 0.5) is 0 Å². The van der Waals surface area contributed by atoms with Crippen LogP contribution >= 0.6 is 12.4 Å².